The highest BCUT2D eigenvalue weighted by Crippen LogP contribution is 2.36. The van der Waals surface area contributed by atoms with Crippen LogP contribution >= 0.6 is 11.6 Å². The van der Waals surface area contributed by atoms with Crippen LogP contribution in [0.3, 0.4) is 0 Å². The zero-order chi connectivity index (χ0) is 12.0. The van der Waals surface area contributed by atoms with Gasteiger partial charge in [-0.2, -0.15) is 0 Å². The van der Waals surface area contributed by atoms with Crippen LogP contribution in [0.4, 0.5) is 0 Å². The molecule has 0 fully saturated rings. The van der Waals surface area contributed by atoms with Gasteiger partial charge < -0.3 is 15.2 Å². The first-order valence-electron chi connectivity index (χ1n) is 5.03. The SMILES string of the molecule is C=CCOc1c(Cl)cc(CCN)cc1OC. The van der Waals surface area contributed by atoms with Crippen LogP contribution in [0.25, 0.3) is 0 Å². The van der Waals surface area contributed by atoms with Gasteiger partial charge in [-0.15, -0.1) is 0 Å². The number of ether oxygens (including phenoxy) is 2. The van der Waals surface area contributed by atoms with Crippen molar-refractivity contribution in [1.29, 1.82) is 0 Å². The summed E-state index contributed by atoms with van der Waals surface area (Å²) >= 11 is 6.10. The van der Waals surface area contributed by atoms with Gasteiger partial charge in [0, 0.05) is 0 Å². The molecule has 0 atom stereocenters. The summed E-state index contributed by atoms with van der Waals surface area (Å²) in [7, 11) is 1.58. The fraction of sp³-hybridized carbons (Fsp3) is 0.333. The molecule has 0 unspecified atom stereocenters. The van der Waals surface area contributed by atoms with Gasteiger partial charge in [0.05, 0.1) is 12.1 Å². The first kappa shape index (κ1) is 12.9. The minimum atomic E-state index is 0.395. The molecule has 0 aliphatic heterocycles. The fourth-order valence-electron chi connectivity index (χ4n) is 1.37. The van der Waals surface area contributed by atoms with Crippen molar-refractivity contribution in [3.05, 3.63) is 35.4 Å². The van der Waals surface area contributed by atoms with E-state index in [1.807, 2.05) is 12.1 Å². The second-order valence-electron chi connectivity index (χ2n) is 3.25. The smallest absolute Gasteiger partial charge is 0.180 e. The van der Waals surface area contributed by atoms with Gasteiger partial charge in [0.1, 0.15) is 6.61 Å². The van der Waals surface area contributed by atoms with E-state index in [0.29, 0.717) is 29.7 Å². The standard InChI is InChI=1S/C12H16ClNO2/c1-3-6-16-12-10(13)7-9(4-5-14)8-11(12)15-2/h3,7-8H,1,4-6,14H2,2H3. The Bertz CT molecular complexity index is 366. The molecule has 0 radical (unpaired) electrons. The highest BCUT2D eigenvalue weighted by molar-refractivity contribution is 6.32. The number of nitrogens with two attached hydrogens (primary N) is 1. The maximum atomic E-state index is 6.10. The Hall–Kier alpha value is -1.19. The summed E-state index contributed by atoms with van der Waals surface area (Å²) in [6.45, 7) is 4.55. The largest absolute Gasteiger partial charge is 0.493 e. The summed E-state index contributed by atoms with van der Waals surface area (Å²) < 4.78 is 10.7. The van der Waals surface area contributed by atoms with E-state index < -0.39 is 0 Å². The summed E-state index contributed by atoms with van der Waals surface area (Å²) in [4.78, 5) is 0. The van der Waals surface area contributed by atoms with Crippen molar-refractivity contribution in [2.24, 2.45) is 5.73 Å². The van der Waals surface area contributed by atoms with Crippen LogP contribution in [0.1, 0.15) is 5.56 Å². The molecule has 1 rings (SSSR count). The molecule has 4 heteroatoms. The number of methoxy groups -OCH3 is 1. The normalized spacial score (nSPS) is 9.94. The Labute approximate surface area is 101 Å². The third kappa shape index (κ3) is 3.15. The van der Waals surface area contributed by atoms with E-state index in [0.717, 1.165) is 12.0 Å². The number of rotatable bonds is 6. The zero-order valence-electron chi connectivity index (χ0n) is 9.33. The molecule has 0 bridgehead atoms. The van der Waals surface area contributed by atoms with E-state index >= 15 is 0 Å². The Morgan fingerprint density at radius 3 is 2.81 bits per heavy atom. The lowest BCUT2D eigenvalue weighted by molar-refractivity contribution is 0.326. The van der Waals surface area contributed by atoms with Gasteiger partial charge in [-0.1, -0.05) is 24.3 Å². The molecular weight excluding hydrogens is 226 g/mol. The van der Waals surface area contributed by atoms with E-state index in [2.05, 4.69) is 6.58 Å². The van der Waals surface area contributed by atoms with Gasteiger partial charge in [0.2, 0.25) is 0 Å². The van der Waals surface area contributed by atoms with Gasteiger partial charge >= 0.3 is 0 Å². The van der Waals surface area contributed by atoms with Crippen molar-refractivity contribution in [3.8, 4) is 11.5 Å². The molecule has 0 amide bonds. The summed E-state index contributed by atoms with van der Waals surface area (Å²) in [5.74, 6) is 1.17. The highest BCUT2D eigenvalue weighted by Gasteiger charge is 2.11. The second-order valence-corrected chi connectivity index (χ2v) is 3.65. The summed E-state index contributed by atoms with van der Waals surface area (Å²) in [5, 5.41) is 0.532. The molecule has 0 spiro atoms. The average Bonchev–Trinajstić information content (AvgIpc) is 2.27. The quantitative estimate of drug-likeness (QED) is 0.778. The topological polar surface area (TPSA) is 44.5 Å². The molecule has 0 heterocycles. The molecule has 0 saturated carbocycles. The minimum absolute atomic E-state index is 0.395. The van der Waals surface area contributed by atoms with Gasteiger partial charge in [-0.25, -0.2) is 0 Å². The summed E-state index contributed by atoms with van der Waals surface area (Å²) in [5.41, 5.74) is 6.53. The summed E-state index contributed by atoms with van der Waals surface area (Å²) in [6, 6.07) is 3.73. The lowest BCUT2D eigenvalue weighted by Crippen LogP contribution is -2.04. The molecule has 0 aliphatic carbocycles. The Morgan fingerprint density at radius 2 is 2.25 bits per heavy atom. The van der Waals surface area contributed by atoms with Crippen molar-refractivity contribution in [1.82, 2.24) is 0 Å². The molecule has 1 aromatic rings. The Morgan fingerprint density at radius 1 is 1.50 bits per heavy atom. The Kier molecular flexibility index (Phi) is 5.15. The van der Waals surface area contributed by atoms with E-state index in [1.54, 1.807) is 13.2 Å². The van der Waals surface area contributed by atoms with Crippen molar-refractivity contribution >= 4 is 11.6 Å². The first-order valence-corrected chi connectivity index (χ1v) is 5.41. The van der Waals surface area contributed by atoms with Crippen LogP contribution in [0.2, 0.25) is 5.02 Å². The number of halogens is 1. The monoisotopic (exact) mass is 241 g/mol. The van der Waals surface area contributed by atoms with Crippen LogP contribution in [-0.4, -0.2) is 20.3 Å². The predicted molar refractivity (Wildman–Crippen MR) is 66.5 cm³/mol. The summed E-state index contributed by atoms with van der Waals surface area (Å²) in [6.07, 6.45) is 2.42. The average molecular weight is 242 g/mol. The van der Waals surface area contributed by atoms with Crippen molar-refractivity contribution in [3.63, 3.8) is 0 Å². The third-order valence-electron chi connectivity index (χ3n) is 2.07. The van der Waals surface area contributed by atoms with Gasteiger partial charge in [0.25, 0.3) is 0 Å². The maximum Gasteiger partial charge on any atom is 0.180 e. The zero-order valence-corrected chi connectivity index (χ0v) is 10.1. The maximum absolute atomic E-state index is 6.10. The van der Waals surface area contributed by atoms with Crippen LogP contribution in [0, 0.1) is 0 Å². The predicted octanol–water partition coefficient (Wildman–Crippen LogP) is 2.41. The fourth-order valence-corrected chi connectivity index (χ4v) is 1.65. The van der Waals surface area contributed by atoms with Crippen LogP contribution in [-0.2, 0) is 6.42 Å². The third-order valence-corrected chi connectivity index (χ3v) is 2.35. The van der Waals surface area contributed by atoms with E-state index in [1.165, 1.54) is 0 Å². The van der Waals surface area contributed by atoms with E-state index in [4.69, 9.17) is 26.8 Å². The molecule has 0 aliphatic rings. The molecule has 0 saturated heterocycles. The molecule has 16 heavy (non-hydrogen) atoms. The van der Waals surface area contributed by atoms with Gasteiger partial charge in [-0.3, -0.25) is 0 Å². The lowest BCUT2D eigenvalue weighted by atomic mass is 10.1. The highest BCUT2D eigenvalue weighted by atomic mass is 35.5. The molecule has 3 nitrogen and oxygen atoms in total. The van der Waals surface area contributed by atoms with Gasteiger partial charge in [-0.05, 0) is 30.7 Å². The first-order chi connectivity index (χ1) is 7.72. The second kappa shape index (κ2) is 6.40. The molecule has 2 N–H and O–H groups in total. The molecule has 88 valence electrons. The number of hydrogen-bond donors (Lipinski definition) is 1. The van der Waals surface area contributed by atoms with E-state index in [-0.39, 0.29) is 0 Å². The van der Waals surface area contributed by atoms with E-state index in [9.17, 15) is 0 Å². The van der Waals surface area contributed by atoms with Crippen molar-refractivity contribution in [2.45, 2.75) is 6.42 Å². The molecule has 0 aromatic heterocycles. The minimum Gasteiger partial charge on any atom is -0.493 e. The van der Waals surface area contributed by atoms with Crippen LogP contribution in [0.15, 0.2) is 24.8 Å². The van der Waals surface area contributed by atoms with Crippen LogP contribution < -0.4 is 15.2 Å². The van der Waals surface area contributed by atoms with Crippen molar-refractivity contribution in [2.75, 3.05) is 20.3 Å². The van der Waals surface area contributed by atoms with Gasteiger partial charge in [0.15, 0.2) is 11.5 Å². The lowest BCUT2D eigenvalue weighted by Gasteiger charge is -2.12. The van der Waals surface area contributed by atoms with Crippen molar-refractivity contribution < 1.29 is 9.47 Å². The molecule has 1 aromatic carbocycles. The number of hydrogen-bond acceptors (Lipinski definition) is 3. The molecular formula is C12H16ClNO2. The number of benzene rings is 1. The Balaban J connectivity index is 3.02. The van der Waals surface area contributed by atoms with Crippen LogP contribution in [0.5, 0.6) is 11.5 Å².